The number of benzene rings is 1. The van der Waals surface area contributed by atoms with Gasteiger partial charge in [0.2, 0.25) is 5.75 Å². The molecule has 0 aromatic heterocycles. The van der Waals surface area contributed by atoms with Gasteiger partial charge in [-0.1, -0.05) is 13.8 Å². The first-order valence-electron chi connectivity index (χ1n) is 6.33. The molecule has 0 saturated heterocycles. The first-order valence-corrected chi connectivity index (χ1v) is 6.33. The highest BCUT2D eigenvalue weighted by Gasteiger charge is 2.11. The Morgan fingerprint density at radius 2 is 1.61 bits per heavy atom. The molecule has 0 aliphatic carbocycles. The van der Waals surface area contributed by atoms with Crippen LogP contribution < -0.4 is 14.8 Å². The summed E-state index contributed by atoms with van der Waals surface area (Å²) >= 11 is 0. The van der Waals surface area contributed by atoms with E-state index in [-0.39, 0.29) is 5.75 Å². The van der Waals surface area contributed by atoms with Crippen LogP contribution in [-0.2, 0) is 6.54 Å². The highest BCUT2D eigenvalue weighted by molar-refractivity contribution is 5.52. The third-order valence-corrected chi connectivity index (χ3v) is 3.12. The van der Waals surface area contributed by atoms with Gasteiger partial charge in [0, 0.05) is 12.6 Å². The number of nitrogens with one attached hydrogen (secondary N) is 1. The molecule has 18 heavy (non-hydrogen) atoms. The second kappa shape index (κ2) is 7.11. The number of phenols is 1. The molecule has 0 fully saturated rings. The minimum atomic E-state index is 0.0475. The van der Waals surface area contributed by atoms with Crippen molar-refractivity contribution >= 4 is 0 Å². The van der Waals surface area contributed by atoms with Gasteiger partial charge in [-0.05, 0) is 30.5 Å². The monoisotopic (exact) mass is 253 g/mol. The maximum absolute atomic E-state index is 9.81. The Balaban J connectivity index is 2.82. The van der Waals surface area contributed by atoms with Crippen LogP contribution in [0.4, 0.5) is 0 Å². The summed E-state index contributed by atoms with van der Waals surface area (Å²) < 4.78 is 10.3. The number of methoxy groups -OCH3 is 2. The van der Waals surface area contributed by atoms with E-state index in [0.29, 0.717) is 17.5 Å². The van der Waals surface area contributed by atoms with Crippen molar-refractivity contribution in [2.24, 2.45) is 0 Å². The summed E-state index contributed by atoms with van der Waals surface area (Å²) in [7, 11) is 3.07. The molecule has 0 amide bonds. The number of rotatable bonds is 7. The summed E-state index contributed by atoms with van der Waals surface area (Å²) in [5.41, 5.74) is 1.04. The van der Waals surface area contributed by atoms with Gasteiger partial charge in [-0.2, -0.15) is 0 Å². The smallest absolute Gasteiger partial charge is 0.200 e. The molecule has 102 valence electrons. The fourth-order valence-electron chi connectivity index (χ4n) is 1.89. The summed E-state index contributed by atoms with van der Waals surface area (Å²) in [6.45, 7) is 5.07. The predicted octanol–water partition coefficient (Wildman–Crippen LogP) is 2.69. The zero-order valence-electron chi connectivity index (χ0n) is 11.6. The fraction of sp³-hybridized carbons (Fsp3) is 0.571. The van der Waals surface area contributed by atoms with Crippen LogP contribution >= 0.6 is 0 Å². The van der Waals surface area contributed by atoms with Crippen molar-refractivity contribution in [2.45, 2.75) is 39.3 Å². The maximum atomic E-state index is 9.81. The second-order valence-corrected chi connectivity index (χ2v) is 4.24. The van der Waals surface area contributed by atoms with Crippen molar-refractivity contribution in [2.75, 3.05) is 14.2 Å². The van der Waals surface area contributed by atoms with Gasteiger partial charge in [0.05, 0.1) is 14.2 Å². The van der Waals surface area contributed by atoms with Crippen LogP contribution in [0.15, 0.2) is 12.1 Å². The van der Waals surface area contributed by atoms with Crippen LogP contribution in [0.3, 0.4) is 0 Å². The van der Waals surface area contributed by atoms with Gasteiger partial charge < -0.3 is 19.9 Å². The van der Waals surface area contributed by atoms with Gasteiger partial charge in [0.25, 0.3) is 0 Å². The van der Waals surface area contributed by atoms with Gasteiger partial charge in [0.15, 0.2) is 11.5 Å². The summed E-state index contributed by atoms with van der Waals surface area (Å²) in [4.78, 5) is 0. The Bertz CT molecular complexity index is 350. The normalized spacial score (nSPS) is 10.7. The Labute approximate surface area is 109 Å². The van der Waals surface area contributed by atoms with Crippen molar-refractivity contribution in [3.8, 4) is 17.2 Å². The molecule has 1 rings (SSSR count). The largest absolute Gasteiger partial charge is 0.502 e. The Hall–Kier alpha value is -1.42. The number of hydrogen-bond acceptors (Lipinski definition) is 4. The van der Waals surface area contributed by atoms with Crippen LogP contribution in [0.25, 0.3) is 0 Å². The minimum Gasteiger partial charge on any atom is -0.502 e. The van der Waals surface area contributed by atoms with E-state index in [9.17, 15) is 5.11 Å². The van der Waals surface area contributed by atoms with Crippen LogP contribution in [0, 0.1) is 0 Å². The summed E-state index contributed by atoms with van der Waals surface area (Å²) in [6.07, 6.45) is 2.20. The van der Waals surface area contributed by atoms with E-state index >= 15 is 0 Å². The molecule has 1 aromatic carbocycles. The lowest BCUT2D eigenvalue weighted by atomic mass is 10.1. The van der Waals surface area contributed by atoms with Crippen molar-refractivity contribution in [3.05, 3.63) is 17.7 Å². The van der Waals surface area contributed by atoms with Crippen molar-refractivity contribution in [1.82, 2.24) is 5.32 Å². The molecule has 0 aliphatic heterocycles. The highest BCUT2D eigenvalue weighted by Crippen LogP contribution is 2.37. The van der Waals surface area contributed by atoms with Crippen molar-refractivity contribution in [1.29, 1.82) is 0 Å². The summed E-state index contributed by atoms with van der Waals surface area (Å²) in [5, 5.41) is 13.3. The van der Waals surface area contributed by atoms with Gasteiger partial charge >= 0.3 is 0 Å². The predicted molar refractivity (Wildman–Crippen MR) is 72.4 cm³/mol. The molecule has 0 spiro atoms. The number of hydrogen-bond donors (Lipinski definition) is 2. The van der Waals surface area contributed by atoms with Crippen molar-refractivity contribution < 1.29 is 14.6 Å². The second-order valence-electron chi connectivity index (χ2n) is 4.24. The SMILES string of the molecule is CCC(CC)NCc1cc(OC)c(O)c(OC)c1. The van der Waals surface area contributed by atoms with E-state index in [0.717, 1.165) is 24.9 Å². The van der Waals surface area contributed by atoms with Gasteiger partial charge in [-0.3, -0.25) is 0 Å². The van der Waals surface area contributed by atoms with Crippen LogP contribution in [0.1, 0.15) is 32.3 Å². The molecular weight excluding hydrogens is 230 g/mol. The lowest BCUT2D eigenvalue weighted by Crippen LogP contribution is -2.26. The van der Waals surface area contributed by atoms with E-state index in [2.05, 4.69) is 19.2 Å². The van der Waals surface area contributed by atoms with Crippen LogP contribution in [0.5, 0.6) is 17.2 Å². The Morgan fingerprint density at radius 3 is 2.00 bits per heavy atom. The molecule has 0 aliphatic rings. The first kappa shape index (κ1) is 14.6. The number of ether oxygens (including phenoxy) is 2. The third kappa shape index (κ3) is 3.53. The molecule has 4 nitrogen and oxygen atoms in total. The Kier molecular flexibility index (Phi) is 5.78. The van der Waals surface area contributed by atoms with Gasteiger partial charge in [-0.25, -0.2) is 0 Å². The van der Waals surface area contributed by atoms with E-state index in [1.807, 2.05) is 12.1 Å². The summed E-state index contributed by atoms with van der Waals surface area (Å²) in [6, 6.07) is 4.16. The average Bonchev–Trinajstić information content (AvgIpc) is 2.41. The van der Waals surface area contributed by atoms with Crippen LogP contribution in [-0.4, -0.2) is 25.4 Å². The average molecular weight is 253 g/mol. The lowest BCUT2D eigenvalue weighted by molar-refractivity contribution is 0.338. The molecule has 0 unspecified atom stereocenters. The molecule has 0 heterocycles. The van der Waals surface area contributed by atoms with Crippen molar-refractivity contribution in [3.63, 3.8) is 0 Å². The van der Waals surface area contributed by atoms with E-state index in [4.69, 9.17) is 9.47 Å². The molecule has 1 aromatic rings. The minimum absolute atomic E-state index is 0.0475. The van der Waals surface area contributed by atoms with E-state index in [1.54, 1.807) is 0 Å². The van der Waals surface area contributed by atoms with E-state index < -0.39 is 0 Å². The topological polar surface area (TPSA) is 50.7 Å². The quantitative estimate of drug-likeness (QED) is 0.784. The highest BCUT2D eigenvalue weighted by atomic mass is 16.5. The lowest BCUT2D eigenvalue weighted by Gasteiger charge is -2.16. The van der Waals surface area contributed by atoms with Gasteiger partial charge in [0.1, 0.15) is 0 Å². The molecular formula is C14H23NO3. The molecule has 0 saturated carbocycles. The summed E-state index contributed by atoms with van der Waals surface area (Å²) in [5.74, 6) is 0.928. The Morgan fingerprint density at radius 1 is 1.11 bits per heavy atom. The van der Waals surface area contributed by atoms with E-state index in [1.165, 1.54) is 14.2 Å². The molecule has 2 N–H and O–H groups in total. The molecule has 0 atom stereocenters. The third-order valence-electron chi connectivity index (χ3n) is 3.12. The zero-order valence-corrected chi connectivity index (χ0v) is 11.6. The molecule has 4 heteroatoms. The van der Waals surface area contributed by atoms with Crippen LogP contribution in [0.2, 0.25) is 0 Å². The maximum Gasteiger partial charge on any atom is 0.200 e. The zero-order chi connectivity index (χ0) is 13.5. The first-order chi connectivity index (χ1) is 8.65. The van der Waals surface area contributed by atoms with Gasteiger partial charge in [-0.15, -0.1) is 0 Å². The standard InChI is InChI=1S/C14H23NO3/c1-5-11(6-2)15-9-10-7-12(17-3)14(16)13(8-10)18-4/h7-8,11,15-16H,5-6,9H2,1-4H3. The fourth-order valence-corrected chi connectivity index (χ4v) is 1.89. The number of phenolic OH excluding ortho intramolecular Hbond substituents is 1. The molecule has 0 bridgehead atoms. The number of aromatic hydroxyl groups is 1. The molecule has 0 radical (unpaired) electrons.